The van der Waals surface area contributed by atoms with Gasteiger partial charge in [-0.1, -0.05) is 34.6 Å². The number of amides is 1. The summed E-state index contributed by atoms with van der Waals surface area (Å²) in [6, 6.07) is 2.75. The van der Waals surface area contributed by atoms with Crippen molar-refractivity contribution in [1.82, 2.24) is 0 Å². The summed E-state index contributed by atoms with van der Waals surface area (Å²) in [4.78, 5) is 21.7. The Morgan fingerprint density at radius 1 is 1.29 bits per heavy atom. The van der Waals surface area contributed by atoms with Gasteiger partial charge in [0.1, 0.15) is 0 Å². The largest absolute Gasteiger partial charge is 0.502 e. The first-order valence-corrected chi connectivity index (χ1v) is 6.67. The number of nitrogens with zero attached hydrogens (tertiary/aromatic N) is 1. The molecule has 116 valence electrons. The summed E-state index contributed by atoms with van der Waals surface area (Å²) < 4.78 is 0. The fraction of sp³-hybridized carbons (Fsp3) is 0.533. The Morgan fingerprint density at radius 2 is 1.81 bits per heavy atom. The van der Waals surface area contributed by atoms with Gasteiger partial charge in [-0.3, -0.25) is 14.9 Å². The molecule has 0 atom stereocenters. The van der Waals surface area contributed by atoms with Crippen LogP contribution in [0.25, 0.3) is 0 Å². The van der Waals surface area contributed by atoms with Gasteiger partial charge in [-0.05, 0) is 28.9 Å². The first-order valence-electron chi connectivity index (χ1n) is 6.67. The molecule has 0 unspecified atom stereocenters. The smallest absolute Gasteiger partial charge is 0.311 e. The highest BCUT2D eigenvalue weighted by Crippen LogP contribution is 2.40. The second kappa shape index (κ2) is 5.35. The summed E-state index contributed by atoms with van der Waals surface area (Å²) in [5.74, 6) is -1.56. The van der Waals surface area contributed by atoms with Crippen molar-refractivity contribution in [2.45, 2.75) is 46.5 Å². The van der Waals surface area contributed by atoms with Crippen LogP contribution in [0.5, 0.6) is 5.75 Å². The number of nitro benzene ring substituents is 1. The number of aromatic hydroxyl groups is 1. The Morgan fingerprint density at radius 3 is 2.19 bits per heavy atom. The van der Waals surface area contributed by atoms with Crippen LogP contribution in [0.1, 0.15) is 57.0 Å². The van der Waals surface area contributed by atoms with E-state index < -0.39 is 27.7 Å². The van der Waals surface area contributed by atoms with Gasteiger partial charge in [-0.15, -0.1) is 0 Å². The number of benzene rings is 1. The van der Waals surface area contributed by atoms with Crippen LogP contribution in [-0.2, 0) is 5.41 Å². The minimum atomic E-state index is -0.885. The molecule has 0 fully saturated rings. The molecular formula is C15H22N2O4. The molecule has 1 aromatic carbocycles. The maximum atomic E-state index is 11.4. The average molecular weight is 294 g/mol. The van der Waals surface area contributed by atoms with Crippen molar-refractivity contribution in [2.75, 3.05) is 0 Å². The normalized spacial score (nSPS) is 12.2. The SMILES string of the molecule is CC(C)(C)CC(C)(C)c1cc(C(N)=O)c(O)c([N+](=O)[O-])c1. The van der Waals surface area contributed by atoms with Crippen LogP contribution in [0.2, 0.25) is 0 Å². The van der Waals surface area contributed by atoms with E-state index in [4.69, 9.17) is 5.73 Å². The number of carbonyl (C=O) groups is 1. The van der Waals surface area contributed by atoms with Crippen LogP contribution in [0.3, 0.4) is 0 Å². The molecule has 21 heavy (non-hydrogen) atoms. The number of primary amides is 1. The Bertz CT molecular complexity index is 551. The number of nitrogens with two attached hydrogens (primary N) is 1. The number of carbonyl (C=O) groups excluding carboxylic acids is 1. The lowest BCUT2D eigenvalue weighted by Gasteiger charge is -2.33. The third-order valence-electron chi connectivity index (χ3n) is 3.31. The van der Waals surface area contributed by atoms with Gasteiger partial charge < -0.3 is 10.8 Å². The highest BCUT2D eigenvalue weighted by Gasteiger charge is 2.31. The summed E-state index contributed by atoms with van der Waals surface area (Å²) in [7, 11) is 0. The minimum absolute atomic E-state index is 0.00303. The summed E-state index contributed by atoms with van der Waals surface area (Å²) in [6.07, 6.45) is 0.750. The average Bonchev–Trinajstić information content (AvgIpc) is 2.24. The third kappa shape index (κ3) is 3.93. The van der Waals surface area contributed by atoms with E-state index in [2.05, 4.69) is 20.8 Å². The minimum Gasteiger partial charge on any atom is -0.502 e. The fourth-order valence-electron chi connectivity index (χ4n) is 2.76. The summed E-state index contributed by atoms with van der Waals surface area (Å²) >= 11 is 0. The molecule has 6 heteroatoms. The Labute approximate surface area is 124 Å². The van der Waals surface area contributed by atoms with E-state index in [1.54, 1.807) is 0 Å². The third-order valence-corrected chi connectivity index (χ3v) is 3.31. The van der Waals surface area contributed by atoms with Crippen molar-refractivity contribution in [1.29, 1.82) is 0 Å². The van der Waals surface area contributed by atoms with Gasteiger partial charge >= 0.3 is 5.69 Å². The highest BCUT2D eigenvalue weighted by molar-refractivity contribution is 5.97. The van der Waals surface area contributed by atoms with Crippen LogP contribution in [0, 0.1) is 15.5 Å². The van der Waals surface area contributed by atoms with Gasteiger partial charge in [-0.2, -0.15) is 0 Å². The molecule has 1 rings (SSSR count). The molecule has 0 aliphatic heterocycles. The van der Waals surface area contributed by atoms with Gasteiger partial charge in [0.2, 0.25) is 5.75 Å². The Balaban J connectivity index is 3.50. The molecular weight excluding hydrogens is 272 g/mol. The van der Waals surface area contributed by atoms with Crippen molar-refractivity contribution in [3.05, 3.63) is 33.4 Å². The van der Waals surface area contributed by atoms with Crippen LogP contribution in [0.4, 0.5) is 5.69 Å². The zero-order valence-electron chi connectivity index (χ0n) is 13.1. The second-order valence-electron chi connectivity index (χ2n) is 7.13. The monoisotopic (exact) mass is 294 g/mol. The number of nitro groups is 1. The van der Waals surface area contributed by atoms with E-state index in [0.29, 0.717) is 5.56 Å². The predicted octanol–water partition coefficient (Wildman–Crippen LogP) is 3.11. The number of hydrogen-bond acceptors (Lipinski definition) is 4. The van der Waals surface area contributed by atoms with E-state index in [0.717, 1.165) is 6.42 Å². The highest BCUT2D eigenvalue weighted by atomic mass is 16.6. The molecule has 0 spiro atoms. The van der Waals surface area contributed by atoms with E-state index in [1.165, 1.54) is 12.1 Å². The standard InChI is InChI=1S/C15H22N2O4/c1-14(2,3)8-15(4,5)9-6-10(13(16)19)12(18)11(7-9)17(20)21/h6-7,18H,8H2,1-5H3,(H2,16,19). The second-order valence-corrected chi connectivity index (χ2v) is 7.13. The lowest BCUT2D eigenvalue weighted by atomic mass is 9.72. The first-order chi connectivity index (χ1) is 9.35. The molecule has 0 aliphatic rings. The first kappa shape index (κ1) is 16.9. The Kier molecular flexibility index (Phi) is 4.32. The molecule has 0 saturated carbocycles. The molecule has 0 aromatic heterocycles. The van der Waals surface area contributed by atoms with Crippen molar-refractivity contribution in [3.63, 3.8) is 0 Å². The summed E-state index contributed by atoms with van der Waals surface area (Å²) in [5, 5.41) is 20.9. The number of phenols is 1. The summed E-state index contributed by atoms with van der Waals surface area (Å²) in [6.45, 7) is 10.1. The fourth-order valence-corrected chi connectivity index (χ4v) is 2.76. The zero-order chi connectivity index (χ0) is 16.6. The molecule has 1 amide bonds. The number of hydrogen-bond donors (Lipinski definition) is 2. The van der Waals surface area contributed by atoms with E-state index in [9.17, 15) is 20.0 Å². The molecule has 1 aromatic rings. The van der Waals surface area contributed by atoms with E-state index in [1.807, 2.05) is 13.8 Å². The van der Waals surface area contributed by atoms with Crippen molar-refractivity contribution < 1.29 is 14.8 Å². The van der Waals surface area contributed by atoms with E-state index in [-0.39, 0.29) is 11.0 Å². The van der Waals surface area contributed by atoms with Crippen molar-refractivity contribution >= 4 is 11.6 Å². The van der Waals surface area contributed by atoms with Crippen LogP contribution in [-0.4, -0.2) is 15.9 Å². The molecule has 0 aliphatic carbocycles. The molecule has 0 heterocycles. The molecule has 3 N–H and O–H groups in total. The maximum Gasteiger partial charge on any atom is 0.311 e. The van der Waals surface area contributed by atoms with Crippen molar-refractivity contribution in [2.24, 2.45) is 11.1 Å². The lowest BCUT2D eigenvalue weighted by molar-refractivity contribution is -0.386. The molecule has 0 bridgehead atoms. The van der Waals surface area contributed by atoms with Crippen LogP contribution < -0.4 is 5.73 Å². The van der Waals surface area contributed by atoms with Gasteiger partial charge in [-0.25, -0.2) is 0 Å². The maximum absolute atomic E-state index is 11.4. The molecule has 0 radical (unpaired) electrons. The van der Waals surface area contributed by atoms with Gasteiger partial charge in [0.15, 0.2) is 0 Å². The van der Waals surface area contributed by atoms with Crippen molar-refractivity contribution in [3.8, 4) is 5.75 Å². The quantitative estimate of drug-likeness (QED) is 0.657. The van der Waals surface area contributed by atoms with E-state index >= 15 is 0 Å². The van der Waals surface area contributed by atoms with Gasteiger partial charge in [0, 0.05) is 6.07 Å². The predicted molar refractivity (Wildman–Crippen MR) is 80.4 cm³/mol. The van der Waals surface area contributed by atoms with Crippen LogP contribution in [0.15, 0.2) is 12.1 Å². The molecule has 0 saturated heterocycles. The van der Waals surface area contributed by atoms with Gasteiger partial charge in [0.25, 0.3) is 5.91 Å². The van der Waals surface area contributed by atoms with Crippen LogP contribution >= 0.6 is 0 Å². The topological polar surface area (TPSA) is 106 Å². The molecule has 6 nitrogen and oxygen atoms in total. The Hall–Kier alpha value is -2.11. The van der Waals surface area contributed by atoms with Gasteiger partial charge in [0.05, 0.1) is 10.5 Å². The summed E-state index contributed by atoms with van der Waals surface area (Å²) in [5.41, 5.74) is 4.69. The number of rotatable bonds is 4. The zero-order valence-corrected chi connectivity index (χ0v) is 13.1. The lowest BCUT2D eigenvalue weighted by Crippen LogP contribution is -2.25.